The number of carbonyl (C=O) groups is 1. The number of hydrogen-bond acceptors (Lipinski definition) is 3. The number of fused-ring (bicyclic) bond motifs is 1. The largest absolute Gasteiger partial charge is 0.466 e. The predicted molar refractivity (Wildman–Crippen MR) is 101 cm³/mol. The Bertz CT molecular complexity index is 687. The van der Waals surface area contributed by atoms with E-state index in [0.717, 1.165) is 23.1 Å². The Morgan fingerprint density at radius 3 is 2.67 bits per heavy atom. The summed E-state index contributed by atoms with van der Waals surface area (Å²) in [5, 5.41) is 1.12. The zero-order valence-corrected chi connectivity index (χ0v) is 16.5. The van der Waals surface area contributed by atoms with Crippen LogP contribution in [0.15, 0.2) is 30.5 Å². The number of benzene rings is 1. The highest BCUT2D eigenvalue weighted by Crippen LogP contribution is 2.24. The van der Waals surface area contributed by atoms with Crippen molar-refractivity contribution in [2.75, 3.05) is 13.2 Å². The van der Waals surface area contributed by atoms with Crippen molar-refractivity contribution in [2.24, 2.45) is 0 Å². The molecule has 132 valence electrons. The van der Waals surface area contributed by atoms with E-state index in [0.29, 0.717) is 13.3 Å². The molecule has 2 rings (SSSR count). The van der Waals surface area contributed by atoms with E-state index in [1.54, 1.807) is 0 Å². The van der Waals surface area contributed by atoms with Crippen LogP contribution in [0.3, 0.4) is 0 Å². The third-order valence-electron chi connectivity index (χ3n) is 4.16. The molecule has 0 fully saturated rings. The first-order valence-electron chi connectivity index (χ1n) is 8.65. The lowest BCUT2D eigenvalue weighted by Gasteiger charge is -2.16. The molecule has 1 unspecified atom stereocenters. The second-order valence-corrected chi connectivity index (χ2v) is 13.0. The van der Waals surface area contributed by atoms with Crippen LogP contribution in [0.5, 0.6) is 0 Å². The molecule has 0 aliphatic heterocycles. The predicted octanol–water partition coefficient (Wildman–Crippen LogP) is 4.62. The molecule has 1 aromatic carbocycles. The Kier molecular flexibility index (Phi) is 6.24. The van der Waals surface area contributed by atoms with Gasteiger partial charge in [-0.25, -0.2) is 0 Å². The van der Waals surface area contributed by atoms with E-state index in [9.17, 15) is 4.79 Å². The highest BCUT2D eigenvalue weighted by atomic mass is 28.3. The number of rotatable bonds is 8. The van der Waals surface area contributed by atoms with Crippen LogP contribution in [0.2, 0.25) is 25.7 Å². The maximum absolute atomic E-state index is 11.9. The zero-order chi connectivity index (χ0) is 17.7. The molecule has 0 spiro atoms. The first kappa shape index (κ1) is 18.7. The van der Waals surface area contributed by atoms with Gasteiger partial charge >= 0.3 is 5.97 Å². The van der Waals surface area contributed by atoms with Crippen molar-refractivity contribution in [3.05, 3.63) is 36.0 Å². The van der Waals surface area contributed by atoms with E-state index in [2.05, 4.69) is 42.4 Å². The number of esters is 1. The smallest absolute Gasteiger partial charge is 0.313 e. The molecule has 5 heteroatoms. The van der Waals surface area contributed by atoms with Crippen molar-refractivity contribution in [1.29, 1.82) is 0 Å². The fraction of sp³-hybridized carbons (Fsp3) is 0.526. The maximum Gasteiger partial charge on any atom is 0.313 e. The molecule has 0 amide bonds. The molecule has 4 nitrogen and oxygen atoms in total. The molecule has 1 aromatic heterocycles. The minimum absolute atomic E-state index is 0.175. The van der Waals surface area contributed by atoms with Gasteiger partial charge in [0.15, 0.2) is 0 Å². The van der Waals surface area contributed by atoms with Crippen LogP contribution in [0.1, 0.15) is 25.3 Å². The van der Waals surface area contributed by atoms with Crippen LogP contribution in [-0.4, -0.2) is 31.8 Å². The Hall–Kier alpha value is -1.59. The maximum atomic E-state index is 11.9. The quantitative estimate of drug-likeness (QED) is 0.397. The lowest BCUT2D eigenvalue weighted by Crippen LogP contribution is -2.21. The molecular weight excluding hydrogens is 318 g/mol. The Labute approximate surface area is 145 Å². The zero-order valence-electron chi connectivity index (χ0n) is 15.5. The third kappa shape index (κ3) is 4.95. The topological polar surface area (TPSA) is 40.5 Å². The van der Waals surface area contributed by atoms with Crippen LogP contribution in [0, 0.1) is 0 Å². The Morgan fingerprint density at radius 2 is 2.00 bits per heavy atom. The first-order valence-corrected chi connectivity index (χ1v) is 12.4. The van der Waals surface area contributed by atoms with E-state index in [4.69, 9.17) is 9.47 Å². The molecule has 2 aromatic rings. The second-order valence-electron chi connectivity index (χ2n) is 7.43. The van der Waals surface area contributed by atoms with Crippen molar-refractivity contribution < 1.29 is 14.3 Å². The van der Waals surface area contributed by atoms with Gasteiger partial charge in [0.25, 0.3) is 0 Å². The SMILES string of the molecule is CCOC(=O)C(C)c1ccc2c(ccn2COCC[Si](C)(C)C)c1. The lowest BCUT2D eigenvalue weighted by atomic mass is 10.00. The molecule has 0 bridgehead atoms. The summed E-state index contributed by atoms with van der Waals surface area (Å²) in [5.41, 5.74) is 2.11. The molecule has 1 atom stereocenters. The van der Waals surface area contributed by atoms with Crippen LogP contribution in [0.4, 0.5) is 0 Å². The minimum Gasteiger partial charge on any atom is -0.466 e. The average molecular weight is 348 g/mol. The second kappa shape index (κ2) is 7.99. The summed E-state index contributed by atoms with van der Waals surface area (Å²) in [7, 11) is -1.05. The van der Waals surface area contributed by atoms with E-state index < -0.39 is 8.07 Å². The molecular formula is C19H29NO3Si. The van der Waals surface area contributed by atoms with E-state index in [-0.39, 0.29) is 11.9 Å². The highest BCUT2D eigenvalue weighted by molar-refractivity contribution is 6.76. The number of carbonyl (C=O) groups excluding carboxylic acids is 1. The first-order chi connectivity index (χ1) is 11.3. The fourth-order valence-electron chi connectivity index (χ4n) is 2.55. The molecule has 0 radical (unpaired) electrons. The van der Waals surface area contributed by atoms with E-state index in [1.807, 2.05) is 26.1 Å². The normalized spacial score (nSPS) is 13.2. The van der Waals surface area contributed by atoms with Crippen molar-refractivity contribution in [3.63, 3.8) is 0 Å². The summed E-state index contributed by atoms with van der Waals surface area (Å²) in [4.78, 5) is 11.9. The number of aromatic nitrogens is 1. The van der Waals surface area contributed by atoms with Crippen molar-refractivity contribution in [2.45, 2.75) is 52.2 Å². The number of hydrogen-bond donors (Lipinski definition) is 0. The molecule has 0 aliphatic rings. The van der Waals surface area contributed by atoms with Gasteiger partial charge in [0.2, 0.25) is 0 Å². The Morgan fingerprint density at radius 1 is 1.25 bits per heavy atom. The summed E-state index contributed by atoms with van der Waals surface area (Å²) in [6, 6.07) is 9.37. The van der Waals surface area contributed by atoms with Gasteiger partial charge in [-0.1, -0.05) is 25.7 Å². The molecule has 0 aliphatic carbocycles. The summed E-state index contributed by atoms with van der Waals surface area (Å²) < 4.78 is 13.1. The summed E-state index contributed by atoms with van der Waals surface area (Å²) in [5.74, 6) is -0.420. The van der Waals surface area contributed by atoms with Gasteiger partial charge in [0.05, 0.1) is 12.5 Å². The molecule has 1 heterocycles. The van der Waals surface area contributed by atoms with Gasteiger partial charge < -0.3 is 14.0 Å². The summed E-state index contributed by atoms with van der Waals surface area (Å²) >= 11 is 0. The summed E-state index contributed by atoms with van der Waals surface area (Å²) in [6.07, 6.45) is 2.04. The van der Waals surface area contributed by atoms with Gasteiger partial charge in [0, 0.05) is 26.4 Å². The monoisotopic (exact) mass is 347 g/mol. The average Bonchev–Trinajstić information content (AvgIpc) is 2.92. The molecule has 0 N–H and O–H groups in total. The van der Waals surface area contributed by atoms with Crippen LogP contribution < -0.4 is 0 Å². The Balaban J connectivity index is 2.04. The molecule has 0 saturated carbocycles. The highest BCUT2D eigenvalue weighted by Gasteiger charge is 2.17. The number of ether oxygens (including phenoxy) is 2. The fourth-order valence-corrected chi connectivity index (χ4v) is 3.30. The van der Waals surface area contributed by atoms with E-state index >= 15 is 0 Å². The number of nitrogens with zero attached hydrogens (tertiary/aromatic N) is 1. The van der Waals surface area contributed by atoms with Gasteiger partial charge in [-0.15, -0.1) is 0 Å². The minimum atomic E-state index is -1.05. The summed E-state index contributed by atoms with van der Waals surface area (Å²) in [6.45, 7) is 12.6. The lowest BCUT2D eigenvalue weighted by molar-refractivity contribution is -0.144. The third-order valence-corrected chi connectivity index (χ3v) is 5.87. The van der Waals surface area contributed by atoms with Crippen molar-refractivity contribution in [3.8, 4) is 0 Å². The van der Waals surface area contributed by atoms with Crippen LogP contribution in [0.25, 0.3) is 10.9 Å². The van der Waals surface area contributed by atoms with Crippen LogP contribution in [-0.2, 0) is 21.0 Å². The van der Waals surface area contributed by atoms with Gasteiger partial charge in [0.1, 0.15) is 6.73 Å². The van der Waals surface area contributed by atoms with Gasteiger partial charge in [-0.2, -0.15) is 0 Å². The van der Waals surface area contributed by atoms with Gasteiger partial charge in [-0.3, -0.25) is 4.79 Å². The molecule has 24 heavy (non-hydrogen) atoms. The van der Waals surface area contributed by atoms with E-state index in [1.165, 1.54) is 6.04 Å². The van der Waals surface area contributed by atoms with Crippen molar-refractivity contribution in [1.82, 2.24) is 4.57 Å². The molecule has 0 saturated heterocycles. The van der Waals surface area contributed by atoms with Crippen molar-refractivity contribution >= 4 is 24.9 Å². The van der Waals surface area contributed by atoms with Crippen LogP contribution >= 0.6 is 0 Å². The standard InChI is InChI=1S/C19H29NO3Si/c1-6-23-19(21)15(2)16-7-8-18-17(13-16)9-10-20(18)14-22-11-12-24(3,4)5/h7-10,13,15H,6,11-12,14H2,1-5H3. The van der Waals surface area contributed by atoms with Gasteiger partial charge in [-0.05, 0) is 49.0 Å².